The highest BCUT2D eigenvalue weighted by Crippen LogP contribution is 1.96. The number of nitrogens with zero attached hydrogens (tertiary/aromatic N) is 2. The minimum absolute atomic E-state index is 0.750. The van der Waals surface area contributed by atoms with Crippen molar-refractivity contribution in [1.82, 2.24) is 4.90 Å². The van der Waals surface area contributed by atoms with E-state index in [-0.39, 0.29) is 0 Å². The third kappa shape index (κ3) is 2.86. The summed E-state index contributed by atoms with van der Waals surface area (Å²) in [5.41, 5.74) is 0.756. The molecule has 0 amide bonds. The van der Waals surface area contributed by atoms with Crippen molar-refractivity contribution in [3.63, 3.8) is 0 Å². The van der Waals surface area contributed by atoms with Gasteiger partial charge in [0.1, 0.15) is 0 Å². The highest BCUT2D eigenvalue weighted by atomic mass is 16.5. The largest absolute Gasteiger partial charge is 0.411 e. The van der Waals surface area contributed by atoms with Crippen molar-refractivity contribution in [2.24, 2.45) is 5.16 Å². The van der Waals surface area contributed by atoms with Crippen LogP contribution in [0.5, 0.6) is 0 Å². The molecule has 0 unspecified atom stereocenters. The van der Waals surface area contributed by atoms with Gasteiger partial charge in [-0.2, -0.15) is 0 Å². The molecule has 1 aliphatic heterocycles. The van der Waals surface area contributed by atoms with Gasteiger partial charge in [0.25, 0.3) is 0 Å². The molecule has 4 nitrogen and oxygen atoms in total. The van der Waals surface area contributed by atoms with Crippen LogP contribution in [-0.2, 0) is 4.74 Å². The summed E-state index contributed by atoms with van der Waals surface area (Å²) < 4.78 is 5.17. The first kappa shape index (κ1) is 8.49. The SMILES string of the molecule is C/C(CN1CCOCC1)=N/O. The summed E-state index contributed by atoms with van der Waals surface area (Å²) in [6, 6.07) is 0. The second-order valence-electron chi connectivity index (χ2n) is 2.72. The lowest BCUT2D eigenvalue weighted by Crippen LogP contribution is -2.39. The van der Waals surface area contributed by atoms with Crippen molar-refractivity contribution in [2.75, 3.05) is 32.8 Å². The summed E-state index contributed by atoms with van der Waals surface area (Å²) in [5.74, 6) is 0. The molecule has 11 heavy (non-hydrogen) atoms. The Morgan fingerprint density at radius 1 is 1.55 bits per heavy atom. The van der Waals surface area contributed by atoms with Gasteiger partial charge in [0.2, 0.25) is 0 Å². The van der Waals surface area contributed by atoms with Crippen LogP contribution < -0.4 is 0 Å². The van der Waals surface area contributed by atoms with Crippen molar-refractivity contribution in [3.05, 3.63) is 0 Å². The number of morpholine rings is 1. The van der Waals surface area contributed by atoms with E-state index in [4.69, 9.17) is 9.94 Å². The Morgan fingerprint density at radius 2 is 2.18 bits per heavy atom. The van der Waals surface area contributed by atoms with Gasteiger partial charge >= 0.3 is 0 Å². The zero-order valence-corrected chi connectivity index (χ0v) is 6.79. The molecule has 1 N–H and O–H groups in total. The highest BCUT2D eigenvalue weighted by Gasteiger charge is 2.10. The third-order valence-electron chi connectivity index (χ3n) is 1.73. The third-order valence-corrected chi connectivity index (χ3v) is 1.73. The van der Waals surface area contributed by atoms with Crippen molar-refractivity contribution < 1.29 is 9.94 Å². The van der Waals surface area contributed by atoms with Crippen molar-refractivity contribution >= 4 is 5.71 Å². The van der Waals surface area contributed by atoms with E-state index in [2.05, 4.69) is 10.1 Å². The predicted octanol–water partition coefficient (Wildman–Crippen LogP) is 0.169. The van der Waals surface area contributed by atoms with Gasteiger partial charge in [0.15, 0.2) is 0 Å². The van der Waals surface area contributed by atoms with E-state index in [9.17, 15) is 0 Å². The lowest BCUT2D eigenvalue weighted by atomic mass is 10.3. The number of hydrogen-bond acceptors (Lipinski definition) is 4. The molecule has 0 aromatic heterocycles. The molecule has 0 spiro atoms. The molecule has 0 aliphatic carbocycles. The Bertz CT molecular complexity index is 141. The first-order valence-corrected chi connectivity index (χ1v) is 3.80. The molecule has 1 saturated heterocycles. The van der Waals surface area contributed by atoms with Gasteiger partial charge in [-0.25, -0.2) is 0 Å². The molecule has 0 atom stereocenters. The van der Waals surface area contributed by atoms with Crippen molar-refractivity contribution in [1.29, 1.82) is 0 Å². The van der Waals surface area contributed by atoms with Crippen LogP contribution in [0.1, 0.15) is 6.92 Å². The van der Waals surface area contributed by atoms with Crippen LogP contribution >= 0.6 is 0 Å². The quantitative estimate of drug-likeness (QED) is 0.354. The van der Waals surface area contributed by atoms with Gasteiger partial charge in [0, 0.05) is 19.6 Å². The van der Waals surface area contributed by atoms with E-state index in [0.29, 0.717) is 0 Å². The maximum absolute atomic E-state index is 8.40. The summed E-state index contributed by atoms with van der Waals surface area (Å²) in [6.07, 6.45) is 0. The summed E-state index contributed by atoms with van der Waals surface area (Å²) in [5, 5.41) is 11.5. The second-order valence-corrected chi connectivity index (χ2v) is 2.72. The zero-order chi connectivity index (χ0) is 8.10. The zero-order valence-electron chi connectivity index (χ0n) is 6.79. The summed E-state index contributed by atoms with van der Waals surface area (Å²) in [7, 11) is 0. The van der Waals surface area contributed by atoms with E-state index in [1.165, 1.54) is 0 Å². The first-order valence-electron chi connectivity index (χ1n) is 3.80. The average molecular weight is 158 g/mol. The number of ether oxygens (including phenoxy) is 1. The van der Waals surface area contributed by atoms with E-state index >= 15 is 0 Å². The second kappa shape index (κ2) is 4.31. The van der Waals surface area contributed by atoms with Gasteiger partial charge in [-0.05, 0) is 6.92 Å². The highest BCUT2D eigenvalue weighted by molar-refractivity contribution is 5.83. The molecule has 0 aromatic carbocycles. The van der Waals surface area contributed by atoms with E-state index < -0.39 is 0 Å². The maximum atomic E-state index is 8.40. The molecule has 0 saturated carbocycles. The van der Waals surface area contributed by atoms with Gasteiger partial charge in [-0.15, -0.1) is 0 Å². The molecule has 0 bridgehead atoms. The molecule has 64 valence electrons. The van der Waals surface area contributed by atoms with Crippen LogP contribution in [0.2, 0.25) is 0 Å². The molecular weight excluding hydrogens is 144 g/mol. The van der Waals surface area contributed by atoms with Crippen molar-refractivity contribution in [3.8, 4) is 0 Å². The topological polar surface area (TPSA) is 45.1 Å². The minimum atomic E-state index is 0.750. The summed E-state index contributed by atoms with van der Waals surface area (Å²) in [6.45, 7) is 6.02. The summed E-state index contributed by atoms with van der Waals surface area (Å²) >= 11 is 0. The standard InChI is InChI=1S/C7H14N2O2/c1-7(8-10)6-9-2-4-11-5-3-9/h10H,2-6H2,1H3/b8-7-. The fourth-order valence-corrected chi connectivity index (χ4v) is 1.11. The van der Waals surface area contributed by atoms with Crippen LogP contribution in [0.25, 0.3) is 0 Å². The monoisotopic (exact) mass is 158 g/mol. The molecule has 1 rings (SSSR count). The summed E-state index contributed by atoms with van der Waals surface area (Å²) in [4.78, 5) is 2.21. The van der Waals surface area contributed by atoms with Crippen LogP contribution in [0.15, 0.2) is 5.16 Å². The molecule has 1 fully saturated rings. The van der Waals surface area contributed by atoms with E-state index in [0.717, 1.165) is 38.6 Å². The first-order chi connectivity index (χ1) is 5.33. The molecule has 0 radical (unpaired) electrons. The van der Waals surface area contributed by atoms with Crippen LogP contribution in [0.4, 0.5) is 0 Å². The lowest BCUT2D eigenvalue weighted by Gasteiger charge is -2.25. The smallest absolute Gasteiger partial charge is 0.0679 e. The number of oxime groups is 1. The Hall–Kier alpha value is -0.610. The van der Waals surface area contributed by atoms with Gasteiger partial charge in [-0.1, -0.05) is 5.16 Å². The molecule has 1 aliphatic rings. The average Bonchev–Trinajstić information content (AvgIpc) is 2.06. The number of rotatable bonds is 2. The molecule has 4 heteroatoms. The van der Waals surface area contributed by atoms with Crippen LogP contribution in [0.3, 0.4) is 0 Å². The fourth-order valence-electron chi connectivity index (χ4n) is 1.11. The van der Waals surface area contributed by atoms with Gasteiger partial charge in [-0.3, -0.25) is 4.90 Å². The minimum Gasteiger partial charge on any atom is -0.411 e. The maximum Gasteiger partial charge on any atom is 0.0679 e. The number of hydrogen-bond donors (Lipinski definition) is 1. The normalized spacial score (nSPS) is 22.1. The lowest BCUT2D eigenvalue weighted by molar-refractivity contribution is 0.0449. The van der Waals surface area contributed by atoms with Crippen molar-refractivity contribution in [2.45, 2.75) is 6.92 Å². The Balaban J connectivity index is 2.24. The fraction of sp³-hybridized carbons (Fsp3) is 0.857. The molecular formula is C7H14N2O2. The predicted molar refractivity (Wildman–Crippen MR) is 42.2 cm³/mol. The molecule has 1 heterocycles. The molecule has 0 aromatic rings. The Labute approximate surface area is 66.4 Å². The van der Waals surface area contributed by atoms with Gasteiger partial charge in [0.05, 0.1) is 18.9 Å². The van der Waals surface area contributed by atoms with Crippen LogP contribution in [-0.4, -0.2) is 48.7 Å². The Kier molecular flexibility index (Phi) is 3.32. The van der Waals surface area contributed by atoms with E-state index in [1.807, 2.05) is 6.92 Å². The van der Waals surface area contributed by atoms with E-state index in [1.54, 1.807) is 0 Å². The Morgan fingerprint density at radius 3 is 2.73 bits per heavy atom. The van der Waals surface area contributed by atoms with Gasteiger partial charge < -0.3 is 9.94 Å². The van der Waals surface area contributed by atoms with Crippen LogP contribution in [0, 0.1) is 0 Å².